The van der Waals surface area contributed by atoms with Crippen LogP contribution in [0.4, 0.5) is 0 Å². The third-order valence-corrected chi connectivity index (χ3v) is 1.97. The van der Waals surface area contributed by atoms with Crippen molar-refractivity contribution in [2.45, 2.75) is 31.3 Å². The molecule has 4 heteroatoms. The van der Waals surface area contributed by atoms with Gasteiger partial charge in [-0.15, -0.1) is 16.9 Å². The molecule has 0 unspecified atom stereocenters. The molecule has 0 atom stereocenters. The monoisotopic (exact) mass is 171 g/mol. The van der Waals surface area contributed by atoms with Crippen molar-refractivity contribution in [3.8, 4) is 0 Å². The van der Waals surface area contributed by atoms with Crippen molar-refractivity contribution >= 4 is 11.8 Å². The highest BCUT2D eigenvalue weighted by Gasteiger charge is 2.14. The van der Waals surface area contributed by atoms with E-state index in [4.69, 9.17) is 0 Å². The highest BCUT2D eigenvalue weighted by Crippen LogP contribution is 2.15. The van der Waals surface area contributed by atoms with Gasteiger partial charge in [-0.25, -0.2) is 4.68 Å². The van der Waals surface area contributed by atoms with Crippen LogP contribution in [0.5, 0.6) is 0 Å². The second-order valence-corrected chi connectivity index (χ2v) is 4.20. The highest BCUT2D eigenvalue weighted by atomic mass is 32.2. The van der Waals surface area contributed by atoms with Gasteiger partial charge in [0.1, 0.15) is 5.03 Å². The zero-order valence-corrected chi connectivity index (χ0v) is 8.14. The topological polar surface area (TPSA) is 30.7 Å². The molecule has 1 aromatic rings. The molecule has 3 nitrogen and oxygen atoms in total. The summed E-state index contributed by atoms with van der Waals surface area (Å²) >= 11 is 1.61. The third kappa shape index (κ3) is 1.96. The minimum Gasteiger partial charge on any atom is -0.246 e. The Morgan fingerprint density at radius 1 is 1.45 bits per heavy atom. The molecule has 0 saturated heterocycles. The van der Waals surface area contributed by atoms with Crippen molar-refractivity contribution < 1.29 is 0 Å². The van der Waals surface area contributed by atoms with Gasteiger partial charge in [0, 0.05) is 0 Å². The van der Waals surface area contributed by atoms with Crippen LogP contribution < -0.4 is 0 Å². The fraction of sp³-hybridized carbons (Fsp3) is 0.714. The van der Waals surface area contributed by atoms with E-state index in [1.165, 1.54) is 0 Å². The van der Waals surface area contributed by atoms with Gasteiger partial charge in [-0.2, -0.15) is 0 Å². The van der Waals surface area contributed by atoms with Crippen LogP contribution in [0.15, 0.2) is 11.2 Å². The average Bonchev–Trinajstić information content (AvgIpc) is 2.32. The molecule has 1 heterocycles. The summed E-state index contributed by atoms with van der Waals surface area (Å²) in [6, 6.07) is 0. The minimum absolute atomic E-state index is 0.0426. The smallest absolute Gasteiger partial charge is 0.138 e. The van der Waals surface area contributed by atoms with Crippen LogP contribution in [0.1, 0.15) is 20.8 Å². The van der Waals surface area contributed by atoms with Crippen LogP contribution in [-0.4, -0.2) is 21.2 Å². The maximum absolute atomic E-state index is 4.00. The molecule has 0 amide bonds. The normalized spacial score (nSPS) is 12.0. The summed E-state index contributed by atoms with van der Waals surface area (Å²) < 4.78 is 1.87. The van der Waals surface area contributed by atoms with E-state index in [9.17, 15) is 0 Å². The standard InChI is InChI=1S/C7H13N3S/c1-7(2,3)10-5-6(11-4)8-9-10/h5H,1-4H3. The highest BCUT2D eigenvalue weighted by molar-refractivity contribution is 7.98. The number of thioether (sulfide) groups is 1. The lowest BCUT2D eigenvalue weighted by Crippen LogP contribution is -2.22. The maximum atomic E-state index is 4.00. The largest absolute Gasteiger partial charge is 0.246 e. The summed E-state index contributed by atoms with van der Waals surface area (Å²) in [6.45, 7) is 6.31. The van der Waals surface area contributed by atoms with Gasteiger partial charge in [0.15, 0.2) is 0 Å². The predicted molar refractivity (Wildman–Crippen MR) is 46.8 cm³/mol. The number of nitrogens with zero attached hydrogens (tertiary/aromatic N) is 3. The van der Waals surface area contributed by atoms with E-state index in [1.54, 1.807) is 11.8 Å². The molecule has 11 heavy (non-hydrogen) atoms. The summed E-state index contributed by atoms with van der Waals surface area (Å²) in [5.41, 5.74) is 0.0426. The lowest BCUT2D eigenvalue weighted by molar-refractivity contribution is 0.346. The van der Waals surface area contributed by atoms with E-state index in [0.29, 0.717) is 0 Å². The van der Waals surface area contributed by atoms with Crippen LogP contribution in [0.2, 0.25) is 0 Å². The molecular weight excluding hydrogens is 158 g/mol. The molecule has 0 aliphatic carbocycles. The van der Waals surface area contributed by atoms with Crippen molar-refractivity contribution in [1.82, 2.24) is 15.0 Å². The van der Waals surface area contributed by atoms with Crippen molar-refractivity contribution in [2.75, 3.05) is 6.26 Å². The summed E-state index contributed by atoms with van der Waals surface area (Å²) in [4.78, 5) is 0. The van der Waals surface area contributed by atoms with E-state index in [0.717, 1.165) is 5.03 Å². The van der Waals surface area contributed by atoms with Crippen molar-refractivity contribution in [1.29, 1.82) is 0 Å². The Morgan fingerprint density at radius 3 is 2.36 bits per heavy atom. The second kappa shape index (κ2) is 2.85. The first kappa shape index (κ1) is 8.59. The first-order valence-electron chi connectivity index (χ1n) is 3.51. The van der Waals surface area contributed by atoms with Crippen LogP contribution in [-0.2, 0) is 5.54 Å². The van der Waals surface area contributed by atoms with Gasteiger partial charge in [-0.05, 0) is 27.0 Å². The van der Waals surface area contributed by atoms with Crippen molar-refractivity contribution in [3.63, 3.8) is 0 Å². The quantitative estimate of drug-likeness (QED) is 0.603. The molecule has 0 radical (unpaired) electrons. The summed E-state index contributed by atoms with van der Waals surface area (Å²) in [6.07, 6.45) is 3.96. The second-order valence-electron chi connectivity index (χ2n) is 3.38. The number of hydrogen-bond acceptors (Lipinski definition) is 3. The van der Waals surface area contributed by atoms with Crippen LogP contribution in [0.3, 0.4) is 0 Å². The molecule has 0 bridgehead atoms. The minimum atomic E-state index is 0.0426. The van der Waals surface area contributed by atoms with Gasteiger partial charge in [0.25, 0.3) is 0 Å². The van der Waals surface area contributed by atoms with Gasteiger partial charge in [0.05, 0.1) is 11.7 Å². The lowest BCUT2D eigenvalue weighted by Gasteiger charge is -2.17. The first-order chi connectivity index (χ1) is 5.04. The molecule has 0 aliphatic heterocycles. The van der Waals surface area contributed by atoms with Gasteiger partial charge in [0.2, 0.25) is 0 Å². The Morgan fingerprint density at radius 2 is 2.09 bits per heavy atom. The number of aromatic nitrogens is 3. The fourth-order valence-electron chi connectivity index (χ4n) is 0.670. The van der Waals surface area contributed by atoms with E-state index in [-0.39, 0.29) is 5.54 Å². The lowest BCUT2D eigenvalue weighted by atomic mass is 10.1. The molecule has 0 spiro atoms. The maximum Gasteiger partial charge on any atom is 0.138 e. The van der Waals surface area contributed by atoms with Gasteiger partial charge in [-0.3, -0.25) is 0 Å². The molecule has 0 fully saturated rings. The molecule has 0 saturated carbocycles. The SMILES string of the molecule is CSc1cn(C(C)(C)C)nn1. The fourth-order valence-corrected chi connectivity index (χ4v) is 0.993. The summed E-state index contributed by atoms with van der Waals surface area (Å²) in [5.74, 6) is 0. The molecule has 1 aromatic heterocycles. The van der Waals surface area contributed by atoms with Crippen molar-refractivity contribution in [2.24, 2.45) is 0 Å². The van der Waals surface area contributed by atoms with Crippen LogP contribution in [0, 0.1) is 0 Å². The van der Waals surface area contributed by atoms with E-state index >= 15 is 0 Å². The molecule has 1 rings (SSSR count). The average molecular weight is 171 g/mol. The van der Waals surface area contributed by atoms with Crippen molar-refractivity contribution in [3.05, 3.63) is 6.20 Å². The van der Waals surface area contributed by atoms with Crippen LogP contribution >= 0.6 is 11.8 Å². The molecule has 62 valence electrons. The Labute approximate surface area is 71.2 Å². The Bertz CT molecular complexity index is 236. The molecular formula is C7H13N3S. The van der Waals surface area contributed by atoms with E-state index in [1.807, 2.05) is 17.1 Å². The first-order valence-corrected chi connectivity index (χ1v) is 4.73. The van der Waals surface area contributed by atoms with E-state index in [2.05, 4.69) is 31.1 Å². The van der Waals surface area contributed by atoms with E-state index < -0.39 is 0 Å². The number of hydrogen-bond donors (Lipinski definition) is 0. The zero-order valence-electron chi connectivity index (χ0n) is 7.33. The Hall–Kier alpha value is -0.510. The van der Waals surface area contributed by atoms with Gasteiger partial charge < -0.3 is 0 Å². The molecule has 0 aromatic carbocycles. The Balaban J connectivity index is 2.89. The van der Waals surface area contributed by atoms with Gasteiger partial charge >= 0.3 is 0 Å². The molecule has 0 aliphatic rings. The molecule has 0 N–H and O–H groups in total. The Kier molecular flexibility index (Phi) is 2.23. The summed E-state index contributed by atoms with van der Waals surface area (Å²) in [5, 5.41) is 8.95. The van der Waals surface area contributed by atoms with Gasteiger partial charge in [-0.1, -0.05) is 5.21 Å². The zero-order chi connectivity index (χ0) is 8.48. The van der Waals surface area contributed by atoms with Crippen LogP contribution in [0.25, 0.3) is 0 Å². The third-order valence-electron chi connectivity index (χ3n) is 1.37. The summed E-state index contributed by atoms with van der Waals surface area (Å²) in [7, 11) is 0. The predicted octanol–water partition coefficient (Wildman–Crippen LogP) is 1.75. The number of rotatable bonds is 1.